The van der Waals surface area contributed by atoms with Crippen molar-refractivity contribution in [2.75, 3.05) is 14.2 Å². The molecule has 2 aromatic carbocycles. The van der Waals surface area contributed by atoms with E-state index in [-0.39, 0.29) is 11.7 Å². The molecule has 0 fully saturated rings. The summed E-state index contributed by atoms with van der Waals surface area (Å²) in [6.45, 7) is 11.7. The van der Waals surface area contributed by atoms with E-state index in [4.69, 9.17) is 9.47 Å². The minimum absolute atomic E-state index is 0.0999. The Kier molecular flexibility index (Phi) is 7.88. The van der Waals surface area contributed by atoms with Crippen LogP contribution < -0.4 is 9.47 Å². The number of ketones is 1. The third kappa shape index (κ3) is 4.46. The van der Waals surface area contributed by atoms with E-state index in [0.29, 0.717) is 0 Å². The molecule has 0 amide bonds. The maximum absolute atomic E-state index is 12.4. The summed E-state index contributed by atoms with van der Waals surface area (Å²) in [4.78, 5) is 12.4. The maximum atomic E-state index is 12.4. The number of carbonyl (C=O) groups is 1. The van der Waals surface area contributed by atoms with Gasteiger partial charge in [0.05, 0.1) is 14.2 Å². The molecule has 0 N–H and O–H groups in total. The van der Waals surface area contributed by atoms with Gasteiger partial charge in [-0.1, -0.05) is 58.0 Å². The van der Waals surface area contributed by atoms with E-state index in [1.807, 2.05) is 65.0 Å². The van der Waals surface area contributed by atoms with Crippen molar-refractivity contribution in [3.63, 3.8) is 0 Å². The van der Waals surface area contributed by atoms with Crippen LogP contribution in [0.3, 0.4) is 0 Å². The standard InChI is InChI=1S/C21H26O3.C2H6/c1-14-12-17(23-5)13-18(24-6)19(14)20(21(3,4)15(2)22)16-10-8-7-9-11-16;1-2/h7-13,20H,1-6H3;1-2H3. The lowest BCUT2D eigenvalue weighted by Gasteiger charge is -2.35. The van der Waals surface area contributed by atoms with Crippen molar-refractivity contribution in [3.8, 4) is 11.5 Å². The number of ether oxygens (including phenoxy) is 2. The Morgan fingerprint density at radius 2 is 1.58 bits per heavy atom. The zero-order valence-corrected chi connectivity index (χ0v) is 17.3. The average molecular weight is 357 g/mol. The number of methoxy groups -OCH3 is 2. The van der Waals surface area contributed by atoms with E-state index in [9.17, 15) is 4.79 Å². The maximum Gasteiger partial charge on any atom is 0.136 e. The normalized spacial score (nSPS) is 11.8. The van der Waals surface area contributed by atoms with Crippen molar-refractivity contribution >= 4 is 5.78 Å². The molecule has 1 unspecified atom stereocenters. The van der Waals surface area contributed by atoms with Crippen LogP contribution in [0.5, 0.6) is 11.5 Å². The molecule has 0 bridgehead atoms. The first kappa shape index (κ1) is 21.8. The molecule has 0 aliphatic rings. The van der Waals surface area contributed by atoms with Crippen molar-refractivity contribution < 1.29 is 14.3 Å². The van der Waals surface area contributed by atoms with E-state index >= 15 is 0 Å². The molecular weight excluding hydrogens is 324 g/mol. The van der Waals surface area contributed by atoms with E-state index < -0.39 is 5.41 Å². The highest BCUT2D eigenvalue weighted by atomic mass is 16.5. The largest absolute Gasteiger partial charge is 0.497 e. The third-order valence-electron chi connectivity index (χ3n) is 4.83. The van der Waals surface area contributed by atoms with E-state index in [1.165, 1.54) is 0 Å². The van der Waals surface area contributed by atoms with Crippen LogP contribution in [0.1, 0.15) is 57.2 Å². The van der Waals surface area contributed by atoms with Crippen molar-refractivity contribution in [1.29, 1.82) is 0 Å². The van der Waals surface area contributed by atoms with Gasteiger partial charge in [-0.3, -0.25) is 4.79 Å². The molecule has 0 radical (unpaired) electrons. The van der Waals surface area contributed by atoms with Crippen LogP contribution in [-0.2, 0) is 4.79 Å². The average Bonchev–Trinajstić information content (AvgIpc) is 2.65. The van der Waals surface area contributed by atoms with Crippen molar-refractivity contribution in [3.05, 3.63) is 59.2 Å². The van der Waals surface area contributed by atoms with Crippen LogP contribution >= 0.6 is 0 Å². The number of rotatable bonds is 6. The quantitative estimate of drug-likeness (QED) is 0.657. The number of carbonyl (C=O) groups excluding carboxylic acids is 1. The van der Waals surface area contributed by atoms with Crippen LogP contribution in [0.15, 0.2) is 42.5 Å². The minimum atomic E-state index is -0.562. The second-order valence-corrected chi connectivity index (χ2v) is 6.68. The molecule has 26 heavy (non-hydrogen) atoms. The lowest BCUT2D eigenvalue weighted by molar-refractivity contribution is -0.125. The van der Waals surface area contributed by atoms with Crippen LogP contribution in [0.4, 0.5) is 0 Å². The third-order valence-corrected chi connectivity index (χ3v) is 4.83. The summed E-state index contributed by atoms with van der Waals surface area (Å²) in [6, 6.07) is 14.0. The van der Waals surface area contributed by atoms with Gasteiger partial charge >= 0.3 is 0 Å². The molecule has 142 valence electrons. The summed E-state index contributed by atoms with van der Waals surface area (Å²) in [5, 5.41) is 0. The van der Waals surface area contributed by atoms with Gasteiger partial charge in [0.2, 0.25) is 0 Å². The summed E-state index contributed by atoms with van der Waals surface area (Å²) in [5.41, 5.74) is 2.62. The lowest BCUT2D eigenvalue weighted by atomic mass is 9.68. The topological polar surface area (TPSA) is 35.5 Å². The fourth-order valence-corrected chi connectivity index (χ4v) is 3.18. The molecule has 0 heterocycles. The monoisotopic (exact) mass is 356 g/mol. The molecule has 3 heteroatoms. The summed E-state index contributed by atoms with van der Waals surface area (Å²) in [5.74, 6) is 1.54. The van der Waals surface area contributed by atoms with Gasteiger partial charge in [0.25, 0.3) is 0 Å². The van der Waals surface area contributed by atoms with Crippen LogP contribution in [0.2, 0.25) is 0 Å². The van der Waals surface area contributed by atoms with Gasteiger partial charge in [0.1, 0.15) is 17.3 Å². The smallest absolute Gasteiger partial charge is 0.136 e. The van der Waals surface area contributed by atoms with Crippen LogP contribution in [0.25, 0.3) is 0 Å². The first-order valence-corrected chi connectivity index (χ1v) is 9.11. The van der Waals surface area contributed by atoms with Gasteiger partial charge in [0.15, 0.2) is 0 Å². The van der Waals surface area contributed by atoms with Crippen LogP contribution in [-0.4, -0.2) is 20.0 Å². The zero-order valence-electron chi connectivity index (χ0n) is 17.3. The molecule has 3 nitrogen and oxygen atoms in total. The van der Waals surface area contributed by atoms with Crippen molar-refractivity contribution in [2.45, 2.75) is 47.5 Å². The zero-order chi connectivity index (χ0) is 19.9. The minimum Gasteiger partial charge on any atom is -0.497 e. The Bertz CT molecular complexity index is 718. The van der Waals surface area contributed by atoms with Crippen molar-refractivity contribution in [2.24, 2.45) is 5.41 Å². The molecule has 0 saturated carbocycles. The Hall–Kier alpha value is -2.29. The Balaban J connectivity index is 0.00000163. The number of benzene rings is 2. The first-order chi connectivity index (χ1) is 12.3. The van der Waals surface area contributed by atoms with Gasteiger partial charge < -0.3 is 9.47 Å². The van der Waals surface area contributed by atoms with E-state index in [1.54, 1.807) is 21.1 Å². The Labute approximate surface area is 158 Å². The van der Waals surface area contributed by atoms with Gasteiger partial charge in [-0.2, -0.15) is 0 Å². The number of Topliss-reactive ketones (excluding diaryl/α,β-unsaturated/α-hetero) is 1. The predicted octanol–water partition coefficient (Wildman–Crippen LogP) is 5.79. The molecule has 0 aliphatic carbocycles. The predicted molar refractivity (Wildman–Crippen MR) is 108 cm³/mol. The van der Waals surface area contributed by atoms with E-state index in [2.05, 4.69) is 12.1 Å². The fourth-order valence-electron chi connectivity index (χ4n) is 3.18. The molecule has 0 aliphatic heterocycles. The molecule has 2 rings (SSSR count). The number of hydrogen-bond acceptors (Lipinski definition) is 3. The Morgan fingerprint density at radius 3 is 2.04 bits per heavy atom. The molecular formula is C23H32O3. The van der Waals surface area contributed by atoms with Gasteiger partial charge in [0, 0.05) is 23.0 Å². The summed E-state index contributed by atoms with van der Waals surface area (Å²) in [6.07, 6.45) is 0. The number of hydrogen-bond donors (Lipinski definition) is 0. The fraction of sp³-hybridized carbons (Fsp3) is 0.435. The first-order valence-electron chi connectivity index (χ1n) is 9.11. The highest BCUT2D eigenvalue weighted by Gasteiger charge is 2.38. The highest BCUT2D eigenvalue weighted by molar-refractivity contribution is 5.84. The molecule has 0 aromatic heterocycles. The molecule has 0 saturated heterocycles. The molecule has 2 aromatic rings. The van der Waals surface area contributed by atoms with Gasteiger partial charge in [-0.25, -0.2) is 0 Å². The summed E-state index contributed by atoms with van der Waals surface area (Å²) >= 11 is 0. The summed E-state index contributed by atoms with van der Waals surface area (Å²) < 4.78 is 11.0. The highest BCUT2D eigenvalue weighted by Crippen LogP contribution is 2.47. The van der Waals surface area contributed by atoms with Gasteiger partial charge in [-0.05, 0) is 31.0 Å². The van der Waals surface area contributed by atoms with E-state index in [0.717, 1.165) is 28.2 Å². The van der Waals surface area contributed by atoms with Crippen molar-refractivity contribution in [1.82, 2.24) is 0 Å². The SMILES string of the molecule is CC.COc1cc(C)c(C(c2ccccc2)C(C)(C)C(C)=O)c(OC)c1. The second kappa shape index (κ2) is 9.42. The second-order valence-electron chi connectivity index (χ2n) is 6.68. The summed E-state index contributed by atoms with van der Waals surface area (Å²) in [7, 11) is 3.29. The molecule has 1 atom stereocenters. The number of aryl methyl sites for hydroxylation is 1. The van der Waals surface area contributed by atoms with Gasteiger partial charge in [-0.15, -0.1) is 0 Å². The van der Waals surface area contributed by atoms with Crippen LogP contribution in [0, 0.1) is 12.3 Å². The Morgan fingerprint density at radius 1 is 1.00 bits per heavy atom. The lowest BCUT2D eigenvalue weighted by Crippen LogP contribution is -2.31. The molecule has 0 spiro atoms.